The Morgan fingerprint density at radius 1 is 1.25 bits per heavy atom. The van der Waals surface area contributed by atoms with Crippen LogP contribution in [0.3, 0.4) is 0 Å². The van der Waals surface area contributed by atoms with Crippen LogP contribution in [0.5, 0.6) is 0 Å². The summed E-state index contributed by atoms with van der Waals surface area (Å²) in [6.07, 6.45) is 7.99. The van der Waals surface area contributed by atoms with Crippen LogP contribution in [0.15, 0.2) is 18.3 Å². The van der Waals surface area contributed by atoms with E-state index in [0.29, 0.717) is 11.7 Å². The standard InChI is InChI=1S/C16H21N3O/c17-11-14-4-3-13(12-18-14)16(20)7-5-15(6-8-16)19-9-1-2-10-19/h3-4,12,15,20H,1-2,5-10H2. The lowest BCUT2D eigenvalue weighted by Crippen LogP contribution is -2.41. The maximum Gasteiger partial charge on any atom is 0.140 e. The maximum atomic E-state index is 10.8. The van der Waals surface area contributed by atoms with Crippen molar-refractivity contribution in [1.29, 1.82) is 5.26 Å². The molecule has 1 aliphatic carbocycles. The quantitative estimate of drug-likeness (QED) is 0.895. The van der Waals surface area contributed by atoms with Crippen molar-refractivity contribution in [3.63, 3.8) is 0 Å². The van der Waals surface area contributed by atoms with Gasteiger partial charge in [0.1, 0.15) is 11.8 Å². The molecule has 0 unspecified atom stereocenters. The van der Waals surface area contributed by atoms with Gasteiger partial charge >= 0.3 is 0 Å². The molecule has 1 saturated carbocycles. The Bertz CT molecular complexity index is 491. The second kappa shape index (κ2) is 5.51. The van der Waals surface area contributed by atoms with Gasteiger partial charge in [-0.15, -0.1) is 0 Å². The van der Waals surface area contributed by atoms with Crippen LogP contribution in [0.1, 0.15) is 49.8 Å². The number of rotatable bonds is 2. The highest BCUT2D eigenvalue weighted by molar-refractivity contribution is 5.27. The fourth-order valence-electron chi connectivity index (χ4n) is 3.58. The highest BCUT2D eigenvalue weighted by atomic mass is 16.3. The summed E-state index contributed by atoms with van der Waals surface area (Å²) in [5.74, 6) is 0. The zero-order chi connectivity index (χ0) is 14.0. The summed E-state index contributed by atoms with van der Waals surface area (Å²) in [5.41, 5.74) is 0.511. The van der Waals surface area contributed by atoms with E-state index in [1.54, 1.807) is 12.3 Å². The molecule has 2 aliphatic rings. The van der Waals surface area contributed by atoms with Crippen LogP contribution in [0.4, 0.5) is 0 Å². The number of pyridine rings is 1. The predicted octanol–water partition coefficient (Wildman–Crippen LogP) is 2.18. The Labute approximate surface area is 120 Å². The number of nitrogens with zero attached hydrogens (tertiary/aromatic N) is 3. The largest absolute Gasteiger partial charge is 0.385 e. The van der Waals surface area contributed by atoms with Crippen LogP contribution in [-0.4, -0.2) is 34.1 Å². The summed E-state index contributed by atoms with van der Waals surface area (Å²) in [5, 5.41) is 19.6. The fraction of sp³-hybridized carbons (Fsp3) is 0.625. The van der Waals surface area contributed by atoms with E-state index in [0.717, 1.165) is 31.2 Å². The van der Waals surface area contributed by atoms with Crippen molar-refractivity contribution >= 4 is 0 Å². The Morgan fingerprint density at radius 3 is 2.50 bits per heavy atom. The monoisotopic (exact) mass is 271 g/mol. The molecular formula is C16H21N3O. The topological polar surface area (TPSA) is 60.1 Å². The second-order valence-electron chi connectivity index (χ2n) is 6.05. The Morgan fingerprint density at radius 2 is 1.95 bits per heavy atom. The van der Waals surface area contributed by atoms with Crippen molar-refractivity contribution in [3.8, 4) is 6.07 Å². The molecule has 2 heterocycles. The average molecular weight is 271 g/mol. The maximum absolute atomic E-state index is 10.8. The lowest BCUT2D eigenvalue weighted by molar-refractivity contribution is -0.0224. The van der Waals surface area contributed by atoms with Crippen molar-refractivity contribution in [2.45, 2.75) is 50.2 Å². The molecule has 4 heteroatoms. The second-order valence-corrected chi connectivity index (χ2v) is 6.05. The highest BCUT2D eigenvalue weighted by Gasteiger charge is 2.37. The van der Waals surface area contributed by atoms with Crippen molar-refractivity contribution in [2.24, 2.45) is 0 Å². The van der Waals surface area contributed by atoms with Crippen molar-refractivity contribution in [3.05, 3.63) is 29.6 Å². The van der Waals surface area contributed by atoms with Crippen LogP contribution >= 0.6 is 0 Å². The van der Waals surface area contributed by atoms with Gasteiger partial charge < -0.3 is 10.0 Å². The summed E-state index contributed by atoms with van der Waals surface area (Å²) in [6, 6.07) is 6.20. The minimum atomic E-state index is -0.753. The molecular weight excluding hydrogens is 250 g/mol. The molecule has 0 spiro atoms. The van der Waals surface area contributed by atoms with E-state index in [1.807, 2.05) is 12.1 Å². The van der Waals surface area contributed by atoms with Crippen molar-refractivity contribution in [1.82, 2.24) is 9.88 Å². The smallest absolute Gasteiger partial charge is 0.140 e. The number of hydrogen-bond donors (Lipinski definition) is 1. The van der Waals surface area contributed by atoms with Gasteiger partial charge in [-0.25, -0.2) is 4.98 Å². The van der Waals surface area contributed by atoms with Gasteiger partial charge in [0.05, 0.1) is 5.60 Å². The number of nitriles is 1. The van der Waals surface area contributed by atoms with E-state index in [2.05, 4.69) is 9.88 Å². The van der Waals surface area contributed by atoms with Gasteiger partial charge in [0.2, 0.25) is 0 Å². The Balaban J connectivity index is 1.66. The normalized spacial score (nSPS) is 31.1. The van der Waals surface area contributed by atoms with Gasteiger partial charge in [0.25, 0.3) is 0 Å². The summed E-state index contributed by atoms with van der Waals surface area (Å²) in [6.45, 7) is 2.45. The third-order valence-electron chi connectivity index (χ3n) is 4.85. The predicted molar refractivity (Wildman–Crippen MR) is 75.9 cm³/mol. The number of hydrogen-bond acceptors (Lipinski definition) is 4. The van der Waals surface area contributed by atoms with E-state index >= 15 is 0 Å². The van der Waals surface area contributed by atoms with Gasteiger partial charge in [0.15, 0.2) is 0 Å². The molecule has 0 aromatic carbocycles. The number of aliphatic hydroxyl groups is 1. The highest BCUT2D eigenvalue weighted by Crippen LogP contribution is 2.38. The van der Waals surface area contributed by atoms with Gasteiger partial charge in [-0.05, 0) is 57.7 Å². The minimum absolute atomic E-state index is 0.406. The molecule has 0 radical (unpaired) electrons. The fourth-order valence-corrected chi connectivity index (χ4v) is 3.58. The van der Waals surface area contributed by atoms with E-state index in [4.69, 9.17) is 5.26 Å². The third kappa shape index (κ3) is 2.56. The molecule has 106 valence electrons. The molecule has 1 saturated heterocycles. The SMILES string of the molecule is N#Cc1ccc(C2(O)CCC(N3CCCC3)CC2)cn1. The molecule has 3 rings (SSSR count). The molecule has 1 aromatic heterocycles. The molecule has 1 aliphatic heterocycles. The minimum Gasteiger partial charge on any atom is -0.385 e. The lowest BCUT2D eigenvalue weighted by Gasteiger charge is -2.39. The van der Waals surface area contributed by atoms with Gasteiger partial charge in [-0.3, -0.25) is 0 Å². The first-order valence-corrected chi connectivity index (χ1v) is 7.54. The first-order valence-electron chi connectivity index (χ1n) is 7.54. The van der Waals surface area contributed by atoms with Crippen LogP contribution in [-0.2, 0) is 5.60 Å². The number of likely N-dealkylation sites (tertiary alicyclic amines) is 1. The Kier molecular flexibility index (Phi) is 3.73. The van der Waals surface area contributed by atoms with Crippen LogP contribution in [0.25, 0.3) is 0 Å². The van der Waals surface area contributed by atoms with Crippen LogP contribution < -0.4 is 0 Å². The molecule has 0 amide bonds. The molecule has 0 bridgehead atoms. The first kappa shape index (κ1) is 13.5. The van der Waals surface area contributed by atoms with Gasteiger partial charge in [0, 0.05) is 17.8 Å². The summed E-state index contributed by atoms with van der Waals surface area (Å²) in [7, 11) is 0. The van der Waals surface area contributed by atoms with Gasteiger partial charge in [-0.2, -0.15) is 5.26 Å². The van der Waals surface area contributed by atoms with E-state index in [9.17, 15) is 5.11 Å². The average Bonchev–Trinajstić information content (AvgIpc) is 3.02. The van der Waals surface area contributed by atoms with Crippen molar-refractivity contribution in [2.75, 3.05) is 13.1 Å². The molecule has 20 heavy (non-hydrogen) atoms. The molecule has 2 fully saturated rings. The first-order chi connectivity index (χ1) is 9.71. The van der Waals surface area contributed by atoms with E-state index in [-0.39, 0.29) is 0 Å². The molecule has 0 atom stereocenters. The Hall–Kier alpha value is -1.44. The van der Waals surface area contributed by atoms with E-state index in [1.165, 1.54) is 25.9 Å². The third-order valence-corrected chi connectivity index (χ3v) is 4.85. The summed E-state index contributed by atoms with van der Waals surface area (Å²) >= 11 is 0. The molecule has 4 nitrogen and oxygen atoms in total. The van der Waals surface area contributed by atoms with Crippen LogP contribution in [0.2, 0.25) is 0 Å². The zero-order valence-electron chi connectivity index (χ0n) is 11.8. The summed E-state index contributed by atoms with van der Waals surface area (Å²) < 4.78 is 0. The lowest BCUT2D eigenvalue weighted by atomic mass is 9.78. The van der Waals surface area contributed by atoms with E-state index < -0.39 is 5.60 Å². The van der Waals surface area contributed by atoms with Crippen molar-refractivity contribution < 1.29 is 5.11 Å². The van der Waals surface area contributed by atoms with Gasteiger partial charge in [-0.1, -0.05) is 6.07 Å². The number of aromatic nitrogens is 1. The zero-order valence-corrected chi connectivity index (χ0v) is 11.8. The molecule has 1 aromatic rings. The van der Waals surface area contributed by atoms with Crippen LogP contribution in [0, 0.1) is 11.3 Å². The summed E-state index contributed by atoms with van der Waals surface area (Å²) in [4.78, 5) is 6.66. The molecule has 1 N–H and O–H groups in total.